The van der Waals surface area contributed by atoms with Crippen molar-refractivity contribution in [3.63, 3.8) is 0 Å². The van der Waals surface area contributed by atoms with Crippen molar-refractivity contribution in [2.45, 2.75) is 44.9 Å². The summed E-state index contributed by atoms with van der Waals surface area (Å²) in [4.78, 5) is 38.0. The third-order valence-corrected chi connectivity index (χ3v) is 5.54. The summed E-state index contributed by atoms with van der Waals surface area (Å²) in [5.74, 6) is -7.00. The van der Waals surface area contributed by atoms with Gasteiger partial charge in [-0.1, -0.05) is 18.2 Å². The molecule has 1 aliphatic rings. The number of halogens is 5. The van der Waals surface area contributed by atoms with Crippen LogP contribution in [-0.2, 0) is 25.2 Å². The van der Waals surface area contributed by atoms with Crippen LogP contribution in [0.25, 0.3) is 5.57 Å². The molecule has 0 spiro atoms. The van der Waals surface area contributed by atoms with Gasteiger partial charge in [-0.05, 0) is 45.0 Å². The molecule has 0 atom stereocenters. The largest absolute Gasteiger partial charge is 0.482 e. The second-order valence-electron chi connectivity index (χ2n) is 9.59. The molecule has 1 aliphatic heterocycles. The summed E-state index contributed by atoms with van der Waals surface area (Å²) < 4.78 is 86.9. The Morgan fingerprint density at radius 1 is 1.05 bits per heavy atom. The summed E-state index contributed by atoms with van der Waals surface area (Å²) in [5.41, 5.74) is -4.06. The van der Waals surface area contributed by atoms with Crippen molar-refractivity contribution in [3.8, 4) is 5.75 Å². The Labute approximate surface area is 221 Å². The number of anilines is 1. The minimum absolute atomic E-state index is 0.104. The summed E-state index contributed by atoms with van der Waals surface area (Å²) in [6.45, 7) is 3.51. The lowest BCUT2D eigenvalue weighted by molar-refractivity contribution is -0.157. The van der Waals surface area contributed by atoms with Crippen molar-refractivity contribution < 1.29 is 50.5 Å². The summed E-state index contributed by atoms with van der Waals surface area (Å²) >= 11 is 0. The lowest BCUT2D eigenvalue weighted by Crippen LogP contribution is -2.34. The maximum absolute atomic E-state index is 15.1. The lowest BCUT2D eigenvalue weighted by atomic mass is 9.97. The van der Waals surface area contributed by atoms with E-state index in [-0.39, 0.29) is 17.0 Å². The smallest absolute Gasteiger partial charge is 0.417 e. The molecule has 1 heterocycles. The van der Waals surface area contributed by atoms with Crippen LogP contribution in [0.2, 0.25) is 0 Å². The minimum atomic E-state index is -5.03. The molecule has 2 aromatic rings. The monoisotopic (exact) mass is 555 g/mol. The zero-order valence-corrected chi connectivity index (χ0v) is 21.5. The average Bonchev–Trinajstić information content (AvgIpc) is 2.94. The highest BCUT2D eigenvalue weighted by atomic mass is 19.4. The van der Waals surface area contributed by atoms with Gasteiger partial charge in [-0.3, -0.25) is 4.79 Å². The molecule has 2 aromatic carbocycles. The highest BCUT2D eigenvalue weighted by Crippen LogP contribution is 2.44. The topological polar surface area (TPSA) is 82.1 Å². The molecule has 1 amide bonds. The van der Waals surface area contributed by atoms with Gasteiger partial charge in [-0.15, -0.1) is 0 Å². The summed E-state index contributed by atoms with van der Waals surface area (Å²) in [7, 11) is 1.01. The van der Waals surface area contributed by atoms with Gasteiger partial charge in [-0.2, -0.15) is 13.2 Å². The van der Waals surface area contributed by atoms with Gasteiger partial charge >= 0.3 is 18.1 Å². The molecule has 0 N–H and O–H groups in total. The average molecular weight is 555 g/mol. The van der Waals surface area contributed by atoms with Gasteiger partial charge in [0.2, 0.25) is 0 Å². The molecule has 39 heavy (non-hydrogen) atoms. The van der Waals surface area contributed by atoms with Crippen LogP contribution in [0.5, 0.6) is 5.75 Å². The highest BCUT2D eigenvalue weighted by Gasteiger charge is 2.43. The number of methoxy groups -OCH3 is 1. The molecule has 0 fully saturated rings. The zero-order chi connectivity index (χ0) is 29.2. The highest BCUT2D eigenvalue weighted by molar-refractivity contribution is 6.09. The number of ether oxygens (including phenoxy) is 3. The second-order valence-corrected chi connectivity index (χ2v) is 9.59. The number of esters is 2. The fraction of sp³-hybridized carbons (Fsp3) is 0.370. The zero-order valence-electron chi connectivity index (χ0n) is 21.5. The number of allylic oxidation sites excluding steroid dienone is 1. The predicted molar refractivity (Wildman–Crippen MR) is 130 cm³/mol. The molecule has 0 unspecified atom stereocenters. The maximum atomic E-state index is 15.1. The minimum Gasteiger partial charge on any atom is -0.482 e. The third kappa shape index (κ3) is 7.12. The van der Waals surface area contributed by atoms with Crippen molar-refractivity contribution >= 4 is 29.1 Å². The van der Waals surface area contributed by atoms with Crippen molar-refractivity contribution in [2.24, 2.45) is 0 Å². The van der Waals surface area contributed by atoms with Crippen LogP contribution in [0, 0.1) is 0 Å². The van der Waals surface area contributed by atoms with E-state index in [1.807, 2.05) is 0 Å². The van der Waals surface area contributed by atoms with Crippen molar-refractivity contribution in [1.82, 2.24) is 0 Å². The molecule has 0 saturated carbocycles. The van der Waals surface area contributed by atoms with Gasteiger partial charge in [0.25, 0.3) is 11.8 Å². The molecular weight excluding hydrogens is 529 g/mol. The van der Waals surface area contributed by atoms with E-state index in [2.05, 4.69) is 4.74 Å². The van der Waals surface area contributed by atoms with E-state index in [1.54, 1.807) is 20.8 Å². The number of nitrogens with zero attached hydrogens (tertiary/aromatic N) is 1. The first-order valence-electron chi connectivity index (χ1n) is 11.7. The van der Waals surface area contributed by atoms with E-state index >= 15 is 8.78 Å². The van der Waals surface area contributed by atoms with Crippen molar-refractivity contribution in [1.29, 1.82) is 0 Å². The van der Waals surface area contributed by atoms with Gasteiger partial charge in [0.15, 0.2) is 6.61 Å². The Morgan fingerprint density at radius 3 is 2.33 bits per heavy atom. The standard InChI is InChI=1S/C27H26F5NO6/c1-25(2,3)39-23(35)15-38-16-9-10-18(20(13-16)27(30,31)32)24(36)33-12-11-26(28,29)19(14-22(34)37-4)17-7-5-6-8-21(17)33/h5-10,13-14H,11-12,15H2,1-4H3/b19-14-. The van der Waals surface area contributed by atoms with E-state index in [9.17, 15) is 27.6 Å². The maximum Gasteiger partial charge on any atom is 0.417 e. The molecule has 7 nitrogen and oxygen atoms in total. The Hall–Kier alpha value is -3.96. The number of carbonyl (C=O) groups is 3. The first-order valence-corrected chi connectivity index (χ1v) is 11.7. The van der Waals surface area contributed by atoms with Crippen molar-refractivity contribution in [2.75, 3.05) is 25.2 Å². The number of carbonyl (C=O) groups excluding carboxylic acids is 3. The van der Waals surface area contributed by atoms with Crippen LogP contribution < -0.4 is 9.64 Å². The van der Waals surface area contributed by atoms with Crippen LogP contribution in [0.4, 0.5) is 27.6 Å². The fourth-order valence-electron chi connectivity index (χ4n) is 3.90. The molecular formula is C27H26F5NO6. The van der Waals surface area contributed by atoms with Crippen LogP contribution in [-0.4, -0.2) is 49.6 Å². The van der Waals surface area contributed by atoms with E-state index in [0.29, 0.717) is 12.1 Å². The number of hydrogen-bond acceptors (Lipinski definition) is 6. The van der Waals surface area contributed by atoms with Crippen LogP contribution in [0.3, 0.4) is 0 Å². The van der Waals surface area contributed by atoms with Gasteiger partial charge in [0.1, 0.15) is 11.4 Å². The number of amides is 1. The molecule has 0 aliphatic carbocycles. The first kappa shape index (κ1) is 29.6. The summed E-state index contributed by atoms with van der Waals surface area (Å²) in [6.07, 6.45) is -5.39. The second kappa shape index (κ2) is 11.0. The van der Waals surface area contributed by atoms with Crippen LogP contribution in [0.1, 0.15) is 48.7 Å². The third-order valence-electron chi connectivity index (χ3n) is 5.54. The SMILES string of the molecule is COC(=O)/C=C1/c2ccccc2N(C(=O)c2ccc(OCC(=O)OC(C)(C)C)cc2C(F)(F)F)CCC1(F)F. The van der Waals surface area contributed by atoms with Crippen LogP contribution >= 0.6 is 0 Å². The van der Waals surface area contributed by atoms with Gasteiger partial charge in [0, 0.05) is 30.2 Å². The Bertz CT molecular complexity index is 1300. The van der Waals surface area contributed by atoms with E-state index in [1.165, 1.54) is 24.3 Å². The lowest BCUT2D eigenvalue weighted by Gasteiger charge is -2.24. The predicted octanol–water partition coefficient (Wildman–Crippen LogP) is 5.67. The molecule has 12 heteroatoms. The number of hydrogen-bond donors (Lipinski definition) is 0. The van der Waals surface area contributed by atoms with Gasteiger partial charge in [-0.25, -0.2) is 18.4 Å². The molecule has 3 rings (SSSR count). The Morgan fingerprint density at radius 2 is 1.72 bits per heavy atom. The number of benzene rings is 2. The van der Waals surface area contributed by atoms with Crippen molar-refractivity contribution in [3.05, 3.63) is 65.2 Å². The molecule has 0 bridgehead atoms. The van der Waals surface area contributed by atoms with E-state index < -0.39 is 71.8 Å². The van der Waals surface area contributed by atoms with Gasteiger partial charge in [0.05, 0.1) is 23.9 Å². The van der Waals surface area contributed by atoms with E-state index in [0.717, 1.165) is 24.1 Å². The molecule has 210 valence electrons. The molecule has 0 aromatic heterocycles. The van der Waals surface area contributed by atoms with E-state index in [4.69, 9.17) is 9.47 Å². The number of rotatable bonds is 5. The quantitative estimate of drug-likeness (QED) is 0.269. The number of alkyl halides is 5. The normalized spacial score (nSPS) is 16.2. The molecule has 0 radical (unpaired) electrons. The summed E-state index contributed by atoms with van der Waals surface area (Å²) in [5, 5.41) is 0. The molecule has 0 saturated heterocycles. The first-order chi connectivity index (χ1) is 18.0. The Balaban J connectivity index is 2.02. The van der Waals surface area contributed by atoms with Crippen LogP contribution in [0.15, 0.2) is 48.5 Å². The number of fused-ring (bicyclic) bond motifs is 1. The van der Waals surface area contributed by atoms with Gasteiger partial charge < -0.3 is 19.1 Å². The number of para-hydroxylation sites is 1. The fourth-order valence-corrected chi connectivity index (χ4v) is 3.90. The summed E-state index contributed by atoms with van der Waals surface area (Å²) in [6, 6.07) is 7.83. The Kier molecular flexibility index (Phi) is 8.37.